The molecular weight excluding hydrogens is 423 g/mol. The van der Waals surface area contributed by atoms with Crippen LogP contribution in [-0.2, 0) is 11.3 Å². The quantitative estimate of drug-likeness (QED) is 0.554. The molecule has 2 aromatic carbocycles. The van der Waals surface area contributed by atoms with Crippen LogP contribution in [0.25, 0.3) is 10.2 Å². The highest BCUT2D eigenvalue weighted by Gasteiger charge is 2.17. The number of halogens is 2. The van der Waals surface area contributed by atoms with E-state index in [0.29, 0.717) is 38.6 Å². The summed E-state index contributed by atoms with van der Waals surface area (Å²) in [6.07, 6.45) is 1.74. The van der Waals surface area contributed by atoms with Gasteiger partial charge in [-0.05, 0) is 18.2 Å². The van der Waals surface area contributed by atoms with Crippen LogP contribution in [0.4, 0.5) is 0 Å². The second-order valence-electron chi connectivity index (χ2n) is 5.83. The number of carbonyl (C=O) groups excluding carboxylic acids is 1. The molecule has 28 heavy (non-hydrogen) atoms. The number of hydrogen-bond acceptors (Lipinski definition) is 5. The van der Waals surface area contributed by atoms with Crippen LogP contribution in [0.5, 0.6) is 17.2 Å². The van der Waals surface area contributed by atoms with Crippen molar-refractivity contribution in [1.29, 1.82) is 0 Å². The van der Waals surface area contributed by atoms with Gasteiger partial charge in [-0.1, -0.05) is 40.6 Å². The molecule has 0 atom stereocenters. The number of rotatable bonds is 5. The average Bonchev–Trinajstić information content (AvgIpc) is 3.24. The lowest BCUT2D eigenvalue weighted by Crippen LogP contribution is -2.19. The van der Waals surface area contributed by atoms with E-state index in [1.165, 1.54) is 11.3 Å². The van der Waals surface area contributed by atoms with Crippen molar-refractivity contribution in [3.63, 3.8) is 0 Å². The van der Waals surface area contributed by atoms with Crippen LogP contribution in [0.15, 0.2) is 48.0 Å². The molecule has 2 heterocycles. The molecule has 144 valence electrons. The first kappa shape index (κ1) is 18.9. The van der Waals surface area contributed by atoms with Gasteiger partial charge in [-0.3, -0.25) is 4.79 Å². The summed E-state index contributed by atoms with van der Waals surface area (Å²) in [5.41, 5.74) is 0.891. The molecule has 1 amide bonds. The fourth-order valence-electron chi connectivity index (χ4n) is 2.72. The molecule has 3 aromatic rings. The fourth-order valence-corrected chi connectivity index (χ4v) is 4.25. The smallest absolute Gasteiger partial charge is 0.286 e. The minimum Gasteiger partial charge on any atom is -0.482 e. The molecule has 0 saturated heterocycles. The summed E-state index contributed by atoms with van der Waals surface area (Å²) in [6, 6.07) is 8.56. The highest BCUT2D eigenvalue weighted by atomic mass is 35.5. The third kappa shape index (κ3) is 3.73. The van der Waals surface area contributed by atoms with Gasteiger partial charge in [-0.15, -0.1) is 6.58 Å². The van der Waals surface area contributed by atoms with Crippen LogP contribution in [0.2, 0.25) is 10.0 Å². The monoisotopic (exact) mass is 436 g/mol. The highest BCUT2D eigenvalue weighted by molar-refractivity contribution is 7.16. The second kappa shape index (κ2) is 7.87. The van der Waals surface area contributed by atoms with Gasteiger partial charge in [0.1, 0.15) is 5.75 Å². The molecule has 0 bridgehead atoms. The first-order valence-electron chi connectivity index (χ1n) is 8.24. The normalized spacial score (nSPS) is 13.1. The Morgan fingerprint density at radius 2 is 2.07 bits per heavy atom. The number of hydrogen-bond donors (Lipinski definition) is 0. The largest absolute Gasteiger partial charge is 0.482 e. The summed E-state index contributed by atoms with van der Waals surface area (Å²) in [4.78, 5) is 17.1. The molecule has 0 radical (unpaired) electrons. The lowest BCUT2D eigenvalue weighted by Gasteiger charge is -2.06. The number of fused-ring (bicyclic) bond motifs is 2. The van der Waals surface area contributed by atoms with Gasteiger partial charge < -0.3 is 18.8 Å². The van der Waals surface area contributed by atoms with Crippen molar-refractivity contribution in [2.24, 2.45) is 4.99 Å². The molecule has 1 aliphatic heterocycles. The number of thiazole rings is 1. The minimum absolute atomic E-state index is 0.203. The predicted molar refractivity (Wildman–Crippen MR) is 109 cm³/mol. The average molecular weight is 437 g/mol. The van der Waals surface area contributed by atoms with Gasteiger partial charge in [0.05, 0.1) is 15.2 Å². The van der Waals surface area contributed by atoms with Crippen LogP contribution in [0, 0.1) is 0 Å². The number of ether oxygens (including phenoxy) is 3. The third-order valence-corrected chi connectivity index (χ3v) is 5.53. The van der Waals surface area contributed by atoms with E-state index in [1.807, 2.05) is 16.7 Å². The van der Waals surface area contributed by atoms with Crippen LogP contribution >= 0.6 is 34.5 Å². The van der Waals surface area contributed by atoms with E-state index in [9.17, 15) is 4.79 Å². The summed E-state index contributed by atoms with van der Waals surface area (Å²) in [5, 5.41) is 0.822. The van der Waals surface area contributed by atoms with Gasteiger partial charge in [-0.2, -0.15) is 4.99 Å². The highest BCUT2D eigenvalue weighted by Crippen LogP contribution is 2.37. The molecule has 4 rings (SSSR count). The van der Waals surface area contributed by atoms with E-state index < -0.39 is 5.91 Å². The van der Waals surface area contributed by atoms with E-state index >= 15 is 0 Å². The maximum atomic E-state index is 12.4. The molecule has 0 saturated carbocycles. The Morgan fingerprint density at radius 1 is 1.29 bits per heavy atom. The fraction of sp³-hybridized carbons (Fsp3) is 0.158. The Hall–Kier alpha value is -2.48. The van der Waals surface area contributed by atoms with Crippen LogP contribution in [0.3, 0.4) is 0 Å². The molecule has 0 unspecified atom stereocenters. The van der Waals surface area contributed by atoms with Gasteiger partial charge in [0, 0.05) is 23.7 Å². The zero-order valence-electron chi connectivity index (χ0n) is 14.5. The number of allylic oxidation sites excluding steroid dienone is 1. The molecule has 1 aromatic heterocycles. The topological polar surface area (TPSA) is 62.1 Å². The Bertz CT molecular complexity index is 1150. The van der Waals surface area contributed by atoms with E-state index in [4.69, 9.17) is 37.4 Å². The summed E-state index contributed by atoms with van der Waals surface area (Å²) in [6.45, 7) is 4.23. The Kier molecular flexibility index (Phi) is 5.30. The van der Waals surface area contributed by atoms with Crippen molar-refractivity contribution in [1.82, 2.24) is 4.57 Å². The lowest BCUT2D eigenvalue weighted by molar-refractivity contribution is -0.120. The van der Waals surface area contributed by atoms with Crippen LogP contribution in [0.1, 0.15) is 0 Å². The number of carbonyl (C=O) groups is 1. The van der Waals surface area contributed by atoms with E-state index in [2.05, 4.69) is 11.6 Å². The van der Waals surface area contributed by atoms with E-state index in [-0.39, 0.29) is 13.4 Å². The van der Waals surface area contributed by atoms with Crippen molar-refractivity contribution in [2.45, 2.75) is 6.54 Å². The minimum atomic E-state index is -0.435. The maximum Gasteiger partial charge on any atom is 0.286 e. The molecular formula is C19H14Cl2N2O4S. The summed E-state index contributed by atoms with van der Waals surface area (Å²) in [5.74, 6) is 1.28. The van der Waals surface area contributed by atoms with Crippen molar-refractivity contribution in [2.75, 3.05) is 13.4 Å². The van der Waals surface area contributed by atoms with Gasteiger partial charge in [-0.25, -0.2) is 0 Å². The van der Waals surface area contributed by atoms with Crippen molar-refractivity contribution in [3.8, 4) is 17.2 Å². The zero-order chi connectivity index (χ0) is 19.7. The lowest BCUT2D eigenvalue weighted by atomic mass is 10.3. The van der Waals surface area contributed by atoms with E-state index in [1.54, 1.807) is 24.3 Å². The van der Waals surface area contributed by atoms with Gasteiger partial charge in [0.25, 0.3) is 5.91 Å². The molecule has 1 aliphatic rings. The second-order valence-corrected chi connectivity index (χ2v) is 7.68. The van der Waals surface area contributed by atoms with Gasteiger partial charge in [0.2, 0.25) is 6.79 Å². The molecule has 6 nitrogen and oxygen atoms in total. The number of benzene rings is 2. The number of nitrogens with zero attached hydrogens (tertiary/aromatic N) is 2. The maximum absolute atomic E-state index is 12.4. The Morgan fingerprint density at radius 3 is 2.82 bits per heavy atom. The van der Waals surface area contributed by atoms with Crippen molar-refractivity contribution >= 4 is 50.7 Å². The molecule has 0 spiro atoms. The molecule has 0 N–H and O–H groups in total. The molecule has 0 fully saturated rings. The summed E-state index contributed by atoms with van der Waals surface area (Å²) in [7, 11) is 0. The molecule has 9 heteroatoms. The van der Waals surface area contributed by atoms with Crippen LogP contribution in [-0.4, -0.2) is 23.9 Å². The number of aromatic nitrogens is 1. The van der Waals surface area contributed by atoms with Crippen LogP contribution < -0.4 is 19.0 Å². The molecule has 0 aliphatic carbocycles. The SMILES string of the molecule is C=CCn1c(=NC(=O)COc2ccc(Cl)cc2Cl)sc2cc3c(cc21)OCO3. The first-order valence-corrected chi connectivity index (χ1v) is 9.81. The third-order valence-electron chi connectivity index (χ3n) is 3.95. The number of amides is 1. The van der Waals surface area contributed by atoms with Gasteiger partial charge >= 0.3 is 0 Å². The van der Waals surface area contributed by atoms with Crippen molar-refractivity contribution < 1.29 is 19.0 Å². The summed E-state index contributed by atoms with van der Waals surface area (Å²) >= 11 is 13.3. The zero-order valence-corrected chi connectivity index (χ0v) is 16.8. The Balaban J connectivity index is 1.63. The van der Waals surface area contributed by atoms with Gasteiger partial charge in [0.15, 0.2) is 22.9 Å². The Labute approximate surface area is 174 Å². The van der Waals surface area contributed by atoms with E-state index in [0.717, 1.165) is 10.2 Å². The summed E-state index contributed by atoms with van der Waals surface area (Å²) < 4.78 is 19.1. The van der Waals surface area contributed by atoms with Crippen molar-refractivity contribution in [3.05, 3.63) is 57.8 Å². The first-order chi connectivity index (χ1) is 13.5. The standard InChI is InChI=1S/C19H14Cl2N2O4S/c1-2-5-23-13-7-15-16(27-10-26-15)8-17(13)28-19(23)22-18(24)9-25-14-4-3-11(20)6-12(14)21/h2-4,6-8H,1,5,9-10H2. The predicted octanol–water partition coefficient (Wildman–Crippen LogP) is 4.43.